The van der Waals surface area contributed by atoms with Gasteiger partial charge in [-0.2, -0.15) is 0 Å². The van der Waals surface area contributed by atoms with Gasteiger partial charge in [0, 0.05) is 24.3 Å². The van der Waals surface area contributed by atoms with Crippen LogP contribution in [0.2, 0.25) is 0 Å². The molecule has 1 N–H and O–H groups in total. The maximum absolute atomic E-state index is 12.8. The Bertz CT molecular complexity index is 796. The van der Waals surface area contributed by atoms with Gasteiger partial charge < -0.3 is 15.0 Å². The Balaban J connectivity index is 2.03. The summed E-state index contributed by atoms with van der Waals surface area (Å²) in [7, 11) is 0. The molecular formula is C25H34N2O3. The van der Waals surface area contributed by atoms with E-state index in [0.717, 1.165) is 45.2 Å². The van der Waals surface area contributed by atoms with Crippen molar-refractivity contribution in [1.82, 2.24) is 4.90 Å². The first-order chi connectivity index (χ1) is 14.6. The Hall–Kier alpha value is -2.82. The van der Waals surface area contributed by atoms with Crippen LogP contribution in [0.1, 0.15) is 73.6 Å². The molecule has 0 spiro atoms. The number of nitrogens with zero attached hydrogens (tertiary/aromatic N) is 1. The van der Waals surface area contributed by atoms with E-state index in [2.05, 4.69) is 26.1 Å². The minimum absolute atomic E-state index is 0.0300. The van der Waals surface area contributed by atoms with E-state index in [1.807, 2.05) is 23.1 Å². The van der Waals surface area contributed by atoms with Crippen LogP contribution in [0.25, 0.3) is 0 Å². The van der Waals surface area contributed by atoms with E-state index in [-0.39, 0.29) is 11.8 Å². The summed E-state index contributed by atoms with van der Waals surface area (Å²) in [5, 5.41) is 2.90. The highest BCUT2D eigenvalue weighted by Gasteiger charge is 2.15. The van der Waals surface area contributed by atoms with Crippen molar-refractivity contribution in [3.63, 3.8) is 0 Å². The summed E-state index contributed by atoms with van der Waals surface area (Å²) in [6, 6.07) is 14.3. The third kappa shape index (κ3) is 6.90. The molecule has 0 aliphatic rings. The Morgan fingerprint density at radius 3 is 2.17 bits per heavy atom. The number of ether oxygens (including phenoxy) is 1. The van der Waals surface area contributed by atoms with Gasteiger partial charge in [-0.1, -0.05) is 45.7 Å². The van der Waals surface area contributed by atoms with Gasteiger partial charge in [0.2, 0.25) is 0 Å². The summed E-state index contributed by atoms with van der Waals surface area (Å²) in [5.41, 5.74) is 1.79. The average Bonchev–Trinajstić information content (AvgIpc) is 2.77. The second kappa shape index (κ2) is 12.7. The first kappa shape index (κ1) is 23.5. The number of amides is 2. The zero-order valence-electron chi connectivity index (χ0n) is 18.4. The van der Waals surface area contributed by atoms with Crippen LogP contribution < -0.4 is 10.1 Å². The lowest BCUT2D eigenvalue weighted by atomic mass is 10.1. The molecule has 0 aromatic heterocycles. The predicted octanol–water partition coefficient (Wildman–Crippen LogP) is 5.77. The quantitative estimate of drug-likeness (QED) is 0.452. The van der Waals surface area contributed by atoms with Crippen LogP contribution in [0.5, 0.6) is 5.75 Å². The van der Waals surface area contributed by atoms with Gasteiger partial charge >= 0.3 is 0 Å². The molecule has 5 nitrogen and oxygen atoms in total. The lowest BCUT2D eigenvalue weighted by Crippen LogP contribution is -2.32. The monoisotopic (exact) mass is 410 g/mol. The predicted molar refractivity (Wildman–Crippen MR) is 122 cm³/mol. The van der Waals surface area contributed by atoms with Crippen LogP contribution in [0.3, 0.4) is 0 Å². The minimum atomic E-state index is -0.223. The topological polar surface area (TPSA) is 58.6 Å². The number of hydrogen-bond acceptors (Lipinski definition) is 3. The van der Waals surface area contributed by atoms with Crippen LogP contribution in [-0.2, 0) is 0 Å². The van der Waals surface area contributed by atoms with E-state index in [4.69, 9.17) is 4.74 Å². The second-order valence-corrected chi connectivity index (χ2v) is 7.38. The Morgan fingerprint density at radius 2 is 1.53 bits per heavy atom. The summed E-state index contributed by atoms with van der Waals surface area (Å²) in [6.45, 7) is 8.38. The van der Waals surface area contributed by atoms with Gasteiger partial charge in [-0.15, -0.1) is 0 Å². The van der Waals surface area contributed by atoms with Gasteiger partial charge in [0.05, 0.1) is 12.2 Å². The molecule has 0 heterocycles. The molecule has 0 saturated heterocycles. The summed E-state index contributed by atoms with van der Waals surface area (Å²) < 4.78 is 5.81. The van der Waals surface area contributed by atoms with Crippen molar-refractivity contribution >= 4 is 17.5 Å². The number of benzene rings is 2. The Labute approximate surface area is 180 Å². The number of rotatable bonds is 12. The highest BCUT2D eigenvalue weighted by Crippen LogP contribution is 2.21. The van der Waals surface area contributed by atoms with E-state index in [1.54, 1.807) is 30.3 Å². The molecule has 30 heavy (non-hydrogen) atoms. The largest absolute Gasteiger partial charge is 0.493 e. The highest BCUT2D eigenvalue weighted by atomic mass is 16.5. The average molecular weight is 411 g/mol. The summed E-state index contributed by atoms with van der Waals surface area (Å²) in [5.74, 6) is 0.397. The van der Waals surface area contributed by atoms with E-state index >= 15 is 0 Å². The molecule has 2 aromatic rings. The molecule has 0 aliphatic heterocycles. The number of anilines is 1. The lowest BCUT2D eigenvalue weighted by Gasteiger charge is -2.21. The van der Waals surface area contributed by atoms with Crippen molar-refractivity contribution < 1.29 is 14.3 Å². The molecule has 2 amide bonds. The molecule has 2 rings (SSSR count). The number of hydrogen-bond donors (Lipinski definition) is 1. The number of carbonyl (C=O) groups excluding carboxylic acids is 2. The van der Waals surface area contributed by atoms with Gasteiger partial charge in [-0.3, -0.25) is 9.59 Å². The van der Waals surface area contributed by atoms with Gasteiger partial charge in [0.1, 0.15) is 5.75 Å². The van der Waals surface area contributed by atoms with E-state index < -0.39 is 0 Å². The van der Waals surface area contributed by atoms with E-state index in [1.165, 1.54) is 0 Å². The first-order valence-corrected chi connectivity index (χ1v) is 11.0. The maximum Gasteiger partial charge on any atom is 0.259 e. The zero-order chi connectivity index (χ0) is 21.8. The number of nitrogens with one attached hydrogen (secondary N) is 1. The highest BCUT2D eigenvalue weighted by molar-refractivity contribution is 6.06. The molecule has 0 saturated carbocycles. The van der Waals surface area contributed by atoms with Crippen LogP contribution >= 0.6 is 0 Å². The van der Waals surface area contributed by atoms with Crippen molar-refractivity contribution in [2.45, 2.75) is 52.9 Å². The number of carbonyl (C=O) groups is 2. The Kier molecular flexibility index (Phi) is 9.92. The molecule has 0 atom stereocenters. The molecular weight excluding hydrogens is 376 g/mol. The molecule has 0 unspecified atom stereocenters. The van der Waals surface area contributed by atoms with E-state index in [9.17, 15) is 9.59 Å². The molecule has 0 fully saturated rings. The third-order valence-electron chi connectivity index (χ3n) is 4.80. The van der Waals surface area contributed by atoms with Gasteiger partial charge in [0.25, 0.3) is 11.8 Å². The molecule has 0 aliphatic carbocycles. The van der Waals surface area contributed by atoms with Gasteiger partial charge in [-0.25, -0.2) is 0 Å². The molecule has 5 heteroatoms. The molecule has 2 aromatic carbocycles. The maximum atomic E-state index is 12.8. The summed E-state index contributed by atoms with van der Waals surface area (Å²) >= 11 is 0. The van der Waals surface area contributed by atoms with Gasteiger partial charge in [-0.05, 0) is 55.7 Å². The van der Waals surface area contributed by atoms with Crippen LogP contribution in [0.4, 0.5) is 5.69 Å². The van der Waals surface area contributed by atoms with Crippen molar-refractivity contribution in [3.05, 3.63) is 59.7 Å². The smallest absolute Gasteiger partial charge is 0.259 e. The fourth-order valence-electron chi connectivity index (χ4n) is 3.25. The normalized spacial score (nSPS) is 10.5. The fraction of sp³-hybridized carbons (Fsp3) is 0.440. The lowest BCUT2D eigenvalue weighted by molar-refractivity contribution is 0.0755. The van der Waals surface area contributed by atoms with Crippen molar-refractivity contribution in [1.29, 1.82) is 0 Å². The minimum Gasteiger partial charge on any atom is -0.493 e. The third-order valence-corrected chi connectivity index (χ3v) is 4.80. The SMILES string of the molecule is CCCCCOc1ccccc1C(=O)Nc1ccc(C(=O)N(CCC)CCC)cc1. The molecule has 162 valence electrons. The van der Waals surface area contributed by atoms with Crippen molar-refractivity contribution in [2.24, 2.45) is 0 Å². The van der Waals surface area contributed by atoms with E-state index in [0.29, 0.717) is 29.2 Å². The summed E-state index contributed by atoms with van der Waals surface area (Å²) in [4.78, 5) is 27.3. The second-order valence-electron chi connectivity index (χ2n) is 7.38. The van der Waals surface area contributed by atoms with Crippen molar-refractivity contribution in [2.75, 3.05) is 25.0 Å². The first-order valence-electron chi connectivity index (χ1n) is 11.0. The number of para-hydroxylation sites is 1. The van der Waals surface area contributed by atoms with Gasteiger partial charge in [0.15, 0.2) is 0 Å². The number of unbranched alkanes of at least 4 members (excludes halogenated alkanes) is 2. The Morgan fingerprint density at radius 1 is 0.867 bits per heavy atom. The van der Waals surface area contributed by atoms with Crippen LogP contribution in [-0.4, -0.2) is 36.4 Å². The zero-order valence-corrected chi connectivity index (χ0v) is 18.4. The standard InChI is InChI=1S/C25H34N2O3/c1-4-7-10-19-30-23-12-9-8-11-22(23)24(28)26-21-15-13-20(14-16-21)25(29)27(17-5-2)18-6-3/h8-9,11-16H,4-7,10,17-19H2,1-3H3,(H,26,28). The molecule has 0 bridgehead atoms. The molecule has 0 radical (unpaired) electrons. The van der Waals surface area contributed by atoms with Crippen LogP contribution in [0.15, 0.2) is 48.5 Å². The summed E-state index contributed by atoms with van der Waals surface area (Å²) in [6.07, 6.45) is 5.06. The fourth-order valence-corrected chi connectivity index (χ4v) is 3.25. The van der Waals surface area contributed by atoms with Crippen molar-refractivity contribution in [3.8, 4) is 5.75 Å². The van der Waals surface area contributed by atoms with Crippen LogP contribution in [0, 0.1) is 0 Å².